The molecule has 1 saturated heterocycles. The van der Waals surface area contributed by atoms with Crippen molar-refractivity contribution in [3.05, 3.63) is 53.5 Å². The zero-order valence-corrected chi connectivity index (χ0v) is 14.2. The third-order valence-electron chi connectivity index (χ3n) is 4.32. The molecule has 1 amide bonds. The number of likely N-dealkylation sites (tertiary alicyclic amines) is 1. The third-order valence-corrected chi connectivity index (χ3v) is 4.32. The van der Waals surface area contributed by atoms with Crippen molar-refractivity contribution in [3.8, 4) is 0 Å². The normalized spacial score (nSPS) is 15.0. The monoisotopic (exact) mass is 324 g/mol. The zero-order valence-electron chi connectivity index (χ0n) is 14.2. The predicted octanol–water partition coefficient (Wildman–Crippen LogP) is 3.41. The highest BCUT2D eigenvalue weighted by molar-refractivity contribution is 5.92. The molecular weight excluding hydrogens is 300 g/mol. The Morgan fingerprint density at radius 2 is 1.92 bits per heavy atom. The van der Waals surface area contributed by atoms with Crippen LogP contribution in [0.1, 0.15) is 47.3 Å². The molecule has 24 heavy (non-hydrogen) atoms. The number of nitrogens with zero attached hydrogens (tertiary/aromatic N) is 3. The summed E-state index contributed by atoms with van der Waals surface area (Å²) in [6, 6.07) is 8.33. The molecule has 1 N–H and O–H groups in total. The Hall–Kier alpha value is -2.43. The fraction of sp³-hybridized carbons (Fsp3) is 0.421. The summed E-state index contributed by atoms with van der Waals surface area (Å²) in [7, 11) is 0. The Labute approximate surface area is 143 Å². The average molecular weight is 324 g/mol. The molecule has 0 atom stereocenters. The Bertz CT molecular complexity index is 676. The Balaban J connectivity index is 1.59. The lowest BCUT2D eigenvalue weighted by Crippen LogP contribution is -2.32. The van der Waals surface area contributed by atoms with Gasteiger partial charge in [-0.15, -0.1) is 0 Å². The van der Waals surface area contributed by atoms with Gasteiger partial charge >= 0.3 is 0 Å². The van der Waals surface area contributed by atoms with Crippen molar-refractivity contribution >= 4 is 11.7 Å². The van der Waals surface area contributed by atoms with Crippen LogP contribution < -0.4 is 5.32 Å². The van der Waals surface area contributed by atoms with Gasteiger partial charge in [-0.1, -0.05) is 42.7 Å². The van der Waals surface area contributed by atoms with Crippen LogP contribution in [0.2, 0.25) is 0 Å². The molecule has 126 valence electrons. The van der Waals surface area contributed by atoms with Crippen LogP contribution in [-0.4, -0.2) is 33.9 Å². The van der Waals surface area contributed by atoms with Gasteiger partial charge < -0.3 is 10.2 Å². The summed E-state index contributed by atoms with van der Waals surface area (Å²) in [6.45, 7) is 4.42. The van der Waals surface area contributed by atoms with E-state index in [2.05, 4.69) is 40.4 Å². The van der Waals surface area contributed by atoms with Gasteiger partial charge in [-0.3, -0.25) is 4.79 Å². The molecule has 0 radical (unpaired) electrons. The van der Waals surface area contributed by atoms with Crippen LogP contribution in [0.4, 0.5) is 5.82 Å². The summed E-state index contributed by atoms with van der Waals surface area (Å²) >= 11 is 0. The van der Waals surface area contributed by atoms with Gasteiger partial charge in [0.1, 0.15) is 11.5 Å². The van der Waals surface area contributed by atoms with E-state index in [4.69, 9.17) is 0 Å². The maximum Gasteiger partial charge on any atom is 0.274 e. The van der Waals surface area contributed by atoms with E-state index >= 15 is 0 Å². The molecule has 1 aromatic heterocycles. The van der Waals surface area contributed by atoms with Crippen molar-refractivity contribution in [2.75, 3.05) is 18.4 Å². The molecule has 0 unspecified atom stereocenters. The van der Waals surface area contributed by atoms with Crippen molar-refractivity contribution in [2.24, 2.45) is 0 Å². The molecule has 2 aromatic rings. The van der Waals surface area contributed by atoms with Crippen LogP contribution in [0.15, 0.2) is 36.7 Å². The number of carbonyl (C=O) groups is 1. The number of rotatable bonds is 4. The number of carbonyl (C=O) groups excluding carboxylic acids is 1. The maximum absolute atomic E-state index is 12.5. The molecule has 3 rings (SSSR count). The molecule has 0 saturated carbocycles. The summed E-state index contributed by atoms with van der Waals surface area (Å²) in [5.74, 6) is 0.679. The SMILES string of the molecule is Cc1cccc(CNc2cnc(C(=O)N3CCCCCC3)cn2)c1. The smallest absolute Gasteiger partial charge is 0.274 e. The number of aromatic nitrogens is 2. The number of nitrogens with one attached hydrogen (secondary N) is 1. The van der Waals surface area contributed by atoms with Crippen molar-refractivity contribution < 1.29 is 4.79 Å². The number of hydrogen-bond acceptors (Lipinski definition) is 4. The summed E-state index contributed by atoms with van der Waals surface area (Å²) in [5.41, 5.74) is 2.86. The third kappa shape index (κ3) is 4.31. The lowest BCUT2D eigenvalue weighted by molar-refractivity contribution is 0.0755. The van der Waals surface area contributed by atoms with Crippen molar-refractivity contribution in [2.45, 2.75) is 39.2 Å². The van der Waals surface area contributed by atoms with Crippen LogP contribution in [-0.2, 0) is 6.54 Å². The first-order chi connectivity index (χ1) is 11.7. The molecule has 5 nitrogen and oxygen atoms in total. The maximum atomic E-state index is 12.5. The van der Waals surface area contributed by atoms with E-state index in [1.807, 2.05) is 11.0 Å². The highest BCUT2D eigenvalue weighted by Gasteiger charge is 2.18. The molecule has 0 aliphatic carbocycles. The second kappa shape index (κ2) is 7.90. The Morgan fingerprint density at radius 1 is 1.12 bits per heavy atom. The quantitative estimate of drug-likeness (QED) is 0.936. The molecule has 5 heteroatoms. The van der Waals surface area contributed by atoms with Crippen LogP contribution in [0, 0.1) is 6.92 Å². The second-order valence-corrected chi connectivity index (χ2v) is 6.34. The fourth-order valence-corrected chi connectivity index (χ4v) is 2.98. The van der Waals surface area contributed by atoms with E-state index in [1.165, 1.54) is 24.0 Å². The first-order valence-electron chi connectivity index (χ1n) is 8.63. The van der Waals surface area contributed by atoms with Crippen molar-refractivity contribution in [3.63, 3.8) is 0 Å². The van der Waals surface area contributed by atoms with Crippen molar-refractivity contribution in [1.29, 1.82) is 0 Å². The van der Waals surface area contributed by atoms with E-state index in [-0.39, 0.29) is 5.91 Å². The van der Waals surface area contributed by atoms with Crippen LogP contribution in [0.3, 0.4) is 0 Å². The van der Waals surface area contributed by atoms with E-state index in [0.717, 1.165) is 25.9 Å². The lowest BCUT2D eigenvalue weighted by Gasteiger charge is -2.19. The molecule has 2 heterocycles. The summed E-state index contributed by atoms with van der Waals surface area (Å²) in [6.07, 6.45) is 7.78. The molecule has 1 aliphatic rings. The zero-order chi connectivity index (χ0) is 16.8. The molecule has 1 aliphatic heterocycles. The first kappa shape index (κ1) is 16.4. The van der Waals surface area contributed by atoms with Crippen LogP contribution >= 0.6 is 0 Å². The largest absolute Gasteiger partial charge is 0.365 e. The number of anilines is 1. The Kier molecular flexibility index (Phi) is 5.41. The lowest BCUT2D eigenvalue weighted by atomic mass is 10.1. The standard InChI is InChI=1S/C19H24N4O/c1-15-7-6-8-16(11-15)12-21-18-14-20-17(13-22-18)19(24)23-9-4-2-3-5-10-23/h6-8,11,13-14H,2-5,9-10,12H2,1H3,(H,21,22). The number of amides is 1. The Morgan fingerprint density at radius 3 is 2.58 bits per heavy atom. The second-order valence-electron chi connectivity index (χ2n) is 6.34. The van der Waals surface area contributed by atoms with Gasteiger partial charge in [0, 0.05) is 19.6 Å². The molecule has 0 bridgehead atoms. The highest BCUT2D eigenvalue weighted by Crippen LogP contribution is 2.13. The number of benzene rings is 1. The minimum absolute atomic E-state index is 0.00497. The summed E-state index contributed by atoms with van der Waals surface area (Å²) in [5, 5.41) is 3.25. The molecule has 1 aromatic carbocycles. The number of hydrogen-bond donors (Lipinski definition) is 1. The van der Waals surface area contributed by atoms with E-state index in [9.17, 15) is 4.79 Å². The molecule has 1 fully saturated rings. The number of aryl methyl sites for hydroxylation is 1. The van der Waals surface area contributed by atoms with Gasteiger partial charge in [0.25, 0.3) is 5.91 Å². The first-order valence-corrected chi connectivity index (χ1v) is 8.63. The summed E-state index contributed by atoms with van der Waals surface area (Å²) < 4.78 is 0. The van der Waals surface area contributed by atoms with Gasteiger partial charge in [0.15, 0.2) is 0 Å². The average Bonchev–Trinajstić information content (AvgIpc) is 2.89. The highest BCUT2D eigenvalue weighted by atomic mass is 16.2. The van der Waals surface area contributed by atoms with Gasteiger partial charge in [-0.2, -0.15) is 0 Å². The minimum Gasteiger partial charge on any atom is -0.365 e. The predicted molar refractivity (Wildman–Crippen MR) is 94.9 cm³/mol. The van der Waals surface area contributed by atoms with Gasteiger partial charge in [-0.05, 0) is 25.3 Å². The van der Waals surface area contributed by atoms with E-state index in [1.54, 1.807) is 12.4 Å². The van der Waals surface area contributed by atoms with E-state index < -0.39 is 0 Å². The summed E-state index contributed by atoms with van der Waals surface area (Å²) in [4.78, 5) is 23.0. The van der Waals surface area contributed by atoms with E-state index in [0.29, 0.717) is 18.1 Å². The van der Waals surface area contributed by atoms with Gasteiger partial charge in [0.2, 0.25) is 0 Å². The van der Waals surface area contributed by atoms with Crippen LogP contribution in [0.5, 0.6) is 0 Å². The molecular formula is C19H24N4O. The fourth-order valence-electron chi connectivity index (χ4n) is 2.98. The molecule has 0 spiro atoms. The van der Waals surface area contributed by atoms with Gasteiger partial charge in [0.05, 0.1) is 12.4 Å². The van der Waals surface area contributed by atoms with Crippen LogP contribution in [0.25, 0.3) is 0 Å². The minimum atomic E-state index is -0.00497. The van der Waals surface area contributed by atoms with Crippen molar-refractivity contribution in [1.82, 2.24) is 14.9 Å². The van der Waals surface area contributed by atoms with Gasteiger partial charge in [-0.25, -0.2) is 9.97 Å². The topological polar surface area (TPSA) is 58.1 Å².